The fourth-order valence-corrected chi connectivity index (χ4v) is 3.16. The van der Waals surface area contributed by atoms with Gasteiger partial charge in [-0.3, -0.25) is 4.79 Å². The van der Waals surface area contributed by atoms with E-state index in [2.05, 4.69) is 17.2 Å². The second-order valence-electron chi connectivity index (χ2n) is 5.42. The summed E-state index contributed by atoms with van der Waals surface area (Å²) in [7, 11) is 0. The second-order valence-corrected chi connectivity index (χ2v) is 6.27. The molecule has 0 unspecified atom stereocenters. The minimum Gasteiger partial charge on any atom is -0.329 e. The Labute approximate surface area is 112 Å². The van der Waals surface area contributed by atoms with Crippen LogP contribution >= 0.6 is 11.3 Å². The van der Waals surface area contributed by atoms with Crippen molar-refractivity contribution in [3.05, 3.63) is 11.1 Å². The van der Waals surface area contributed by atoms with Gasteiger partial charge in [0.25, 0.3) is 0 Å². The number of nitrogens with one attached hydrogen (secondary N) is 1. The number of carbonyl (C=O) groups is 1. The lowest BCUT2D eigenvalue weighted by Gasteiger charge is -2.36. The van der Waals surface area contributed by atoms with Gasteiger partial charge in [-0.1, -0.05) is 6.92 Å². The van der Waals surface area contributed by atoms with Gasteiger partial charge in [-0.2, -0.15) is 0 Å². The van der Waals surface area contributed by atoms with Gasteiger partial charge in [-0.05, 0) is 38.5 Å². The highest BCUT2D eigenvalue weighted by molar-refractivity contribution is 7.13. The van der Waals surface area contributed by atoms with Crippen molar-refractivity contribution in [1.82, 2.24) is 4.98 Å². The summed E-state index contributed by atoms with van der Waals surface area (Å²) < 4.78 is 0. The summed E-state index contributed by atoms with van der Waals surface area (Å²) in [5, 5.41) is 5.55. The van der Waals surface area contributed by atoms with Crippen LogP contribution in [0.4, 0.5) is 5.13 Å². The van der Waals surface area contributed by atoms with Crippen molar-refractivity contribution in [2.75, 3.05) is 11.9 Å². The highest BCUT2D eigenvalue weighted by atomic mass is 32.1. The number of thiazole rings is 1. The molecule has 1 fully saturated rings. The molecule has 4 nitrogen and oxygen atoms in total. The maximum absolute atomic E-state index is 12.4. The molecule has 0 radical (unpaired) electrons. The summed E-state index contributed by atoms with van der Waals surface area (Å²) >= 11 is 1.47. The standard InChI is InChI=1S/C13H21N3OS/c1-9-3-5-13(8-14,6-4-9)11(17)16-12-15-10(2)7-18-12/h7,9H,3-6,8,14H2,1-2H3,(H,15,16,17). The first-order valence-corrected chi connectivity index (χ1v) is 7.37. The quantitative estimate of drug-likeness (QED) is 0.884. The molecule has 1 aromatic rings. The third kappa shape index (κ3) is 2.72. The predicted octanol–water partition coefficient (Wildman–Crippen LogP) is 2.55. The topological polar surface area (TPSA) is 68.0 Å². The van der Waals surface area contributed by atoms with Gasteiger partial charge in [0, 0.05) is 11.9 Å². The summed E-state index contributed by atoms with van der Waals surface area (Å²) in [6, 6.07) is 0. The molecule has 1 heterocycles. The molecular formula is C13H21N3OS. The first-order valence-electron chi connectivity index (χ1n) is 6.49. The molecule has 1 aliphatic carbocycles. The molecule has 0 saturated heterocycles. The fourth-order valence-electron chi connectivity index (χ4n) is 2.48. The van der Waals surface area contributed by atoms with Crippen LogP contribution in [0, 0.1) is 18.3 Å². The average Bonchev–Trinajstić information content (AvgIpc) is 2.76. The Kier molecular flexibility index (Phi) is 4.02. The van der Waals surface area contributed by atoms with Crippen LogP contribution in [-0.4, -0.2) is 17.4 Å². The van der Waals surface area contributed by atoms with Crippen LogP contribution < -0.4 is 11.1 Å². The molecule has 0 atom stereocenters. The van der Waals surface area contributed by atoms with E-state index in [0.29, 0.717) is 17.6 Å². The van der Waals surface area contributed by atoms with Crippen molar-refractivity contribution in [2.24, 2.45) is 17.1 Å². The normalized spacial score (nSPS) is 28.1. The number of hydrogen-bond acceptors (Lipinski definition) is 4. The summed E-state index contributed by atoms with van der Waals surface area (Å²) in [4.78, 5) is 16.7. The maximum atomic E-state index is 12.4. The smallest absolute Gasteiger partial charge is 0.233 e. The van der Waals surface area contributed by atoms with Crippen LogP contribution in [0.2, 0.25) is 0 Å². The number of rotatable bonds is 3. The zero-order chi connectivity index (χ0) is 13.2. The molecule has 1 amide bonds. The van der Waals surface area contributed by atoms with E-state index in [9.17, 15) is 4.79 Å². The van der Waals surface area contributed by atoms with Gasteiger partial charge in [0.1, 0.15) is 0 Å². The zero-order valence-electron chi connectivity index (χ0n) is 11.0. The lowest BCUT2D eigenvalue weighted by atomic mass is 9.70. The van der Waals surface area contributed by atoms with Crippen molar-refractivity contribution in [3.63, 3.8) is 0 Å². The maximum Gasteiger partial charge on any atom is 0.233 e. The molecule has 100 valence electrons. The average molecular weight is 267 g/mol. The van der Waals surface area contributed by atoms with E-state index in [1.165, 1.54) is 11.3 Å². The number of nitrogens with zero attached hydrogens (tertiary/aromatic N) is 1. The number of amides is 1. The van der Waals surface area contributed by atoms with Gasteiger partial charge < -0.3 is 11.1 Å². The van der Waals surface area contributed by atoms with E-state index in [0.717, 1.165) is 31.4 Å². The van der Waals surface area contributed by atoms with E-state index < -0.39 is 0 Å². The Morgan fingerprint density at radius 3 is 2.78 bits per heavy atom. The van der Waals surface area contributed by atoms with E-state index in [1.54, 1.807) is 0 Å². The van der Waals surface area contributed by atoms with Gasteiger partial charge >= 0.3 is 0 Å². The molecule has 5 heteroatoms. The molecule has 18 heavy (non-hydrogen) atoms. The van der Waals surface area contributed by atoms with E-state index in [1.807, 2.05) is 12.3 Å². The summed E-state index contributed by atoms with van der Waals surface area (Å²) in [6.07, 6.45) is 3.95. The lowest BCUT2D eigenvalue weighted by Crippen LogP contribution is -2.44. The molecule has 1 aliphatic rings. The molecule has 3 N–H and O–H groups in total. The SMILES string of the molecule is Cc1csc(NC(=O)C2(CN)CCC(C)CC2)n1. The van der Waals surface area contributed by atoms with Gasteiger partial charge in [-0.15, -0.1) is 11.3 Å². The number of aromatic nitrogens is 1. The number of nitrogens with two attached hydrogens (primary N) is 1. The van der Waals surface area contributed by atoms with Gasteiger partial charge in [0.05, 0.1) is 11.1 Å². The highest BCUT2D eigenvalue weighted by Gasteiger charge is 2.40. The summed E-state index contributed by atoms with van der Waals surface area (Å²) in [5.74, 6) is 0.755. The minimum absolute atomic E-state index is 0.0475. The van der Waals surface area contributed by atoms with E-state index >= 15 is 0 Å². The Balaban J connectivity index is 2.06. The first-order chi connectivity index (χ1) is 8.55. The third-order valence-corrected chi connectivity index (χ3v) is 4.82. The van der Waals surface area contributed by atoms with E-state index in [4.69, 9.17) is 5.73 Å². The van der Waals surface area contributed by atoms with Crippen LogP contribution in [0.15, 0.2) is 5.38 Å². The van der Waals surface area contributed by atoms with Crippen LogP contribution in [0.3, 0.4) is 0 Å². The fraction of sp³-hybridized carbons (Fsp3) is 0.692. The second kappa shape index (κ2) is 5.36. The first kappa shape index (κ1) is 13.5. The predicted molar refractivity (Wildman–Crippen MR) is 74.6 cm³/mol. The van der Waals surface area contributed by atoms with Gasteiger partial charge in [0.15, 0.2) is 5.13 Å². The summed E-state index contributed by atoms with van der Waals surface area (Å²) in [5.41, 5.74) is 6.42. The minimum atomic E-state index is -0.383. The van der Waals surface area contributed by atoms with E-state index in [-0.39, 0.29) is 11.3 Å². The molecule has 0 aliphatic heterocycles. The van der Waals surface area contributed by atoms with Crippen molar-refractivity contribution >= 4 is 22.4 Å². The van der Waals surface area contributed by atoms with Crippen LogP contribution in [0.25, 0.3) is 0 Å². The number of carbonyl (C=O) groups excluding carboxylic acids is 1. The van der Waals surface area contributed by atoms with Gasteiger partial charge in [0.2, 0.25) is 5.91 Å². The number of aryl methyl sites for hydroxylation is 1. The van der Waals surface area contributed by atoms with Crippen LogP contribution in [0.1, 0.15) is 38.3 Å². The Morgan fingerprint density at radius 2 is 2.28 bits per heavy atom. The van der Waals surface area contributed by atoms with Gasteiger partial charge in [-0.25, -0.2) is 4.98 Å². The number of anilines is 1. The number of hydrogen-bond donors (Lipinski definition) is 2. The monoisotopic (exact) mass is 267 g/mol. The Hall–Kier alpha value is -0.940. The molecule has 0 spiro atoms. The third-order valence-electron chi connectivity index (χ3n) is 3.94. The van der Waals surface area contributed by atoms with Crippen molar-refractivity contribution < 1.29 is 4.79 Å². The lowest BCUT2D eigenvalue weighted by molar-refractivity contribution is -0.127. The molecule has 0 bridgehead atoms. The molecular weight excluding hydrogens is 246 g/mol. The summed E-state index contributed by atoms with van der Waals surface area (Å²) in [6.45, 7) is 4.59. The molecule has 2 rings (SSSR count). The molecule has 1 aromatic heterocycles. The Morgan fingerprint density at radius 1 is 1.61 bits per heavy atom. The van der Waals surface area contributed by atoms with Crippen LogP contribution in [-0.2, 0) is 4.79 Å². The Bertz CT molecular complexity index is 422. The van der Waals surface area contributed by atoms with Crippen molar-refractivity contribution in [2.45, 2.75) is 39.5 Å². The zero-order valence-corrected chi connectivity index (χ0v) is 11.8. The largest absolute Gasteiger partial charge is 0.329 e. The molecule has 1 saturated carbocycles. The molecule has 0 aromatic carbocycles. The van der Waals surface area contributed by atoms with Crippen molar-refractivity contribution in [3.8, 4) is 0 Å². The van der Waals surface area contributed by atoms with Crippen LogP contribution in [0.5, 0.6) is 0 Å². The highest BCUT2D eigenvalue weighted by Crippen LogP contribution is 2.39. The van der Waals surface area contributed by atoms with Crippen molar-refractivity contribution in [1.29, 1.82) is 0 Å².